The lowest BCUT2D eigenvalue weighted by molar-refractivity contribution is 0.299. The van der Waals surface area contributed by atoms with Crippen LogP contribution in [0.3, 0.4) is 0 Å². The van der Waals surface area contributed by atoms with Gasteiger partial charge in [-0.15, -0.1) is 0 Å². The molecule has 3 nitrogen and oxygen atoms in total. The van der Waals surface area contributed by atoms with E-state index in [1.807, 2.05) is 6.07 Å². The molecular formula is C14H21BrN2O. The monoisotopic (exact) mass is 312 g/mol. The Morgan fingerprint density at radius 1 is 1.22 bits per heavy atom. The minimum absolute atomic E-state index is 0.691. The van der Waals surface area contributed by atoms with Gasteiger partial charge in [-0.1, -0.05) is 25.7 Å². The molecule has 1 aliphatic carbocycles. The molecule has 100 valence electrons. The lowest BCUT2D eigenvalue weighted by Crippen LogP contribution is -2.32. The van der Waals surface area contributed by atoms with Crippen LogP contribution in [0.4, 0.5) is 0 Å². The third kappa shape index (κ3) is 4.94. The minimum atomic E-state index is 0.691. The van der Waals surface area contributed by atoms with E-state index in [1.54, 1.807) is 12.4 Å². The van der Waals surface area contributed by atoms with Crippen LogP contribution in [0.5, 0.6) is 5.75 Å². The Labute approximate surface area is 117 Å². The fraction of sp³-hybridized carbons (Fsp3) is 0.643. The van der Waals surface area contributed by atoms with Gasteiger partial charge in [0.1, 0.15) is 12.4 Å². The van der Waals surface area contributed by atoms with Crippen molar-refractivity contribution in [2.24, 2.45) is 0 Å². The summed E-state index contributed by atoms with van der Waals surface area (Å²) in [7, 11) is 0. The van der Waals surface area contributed by atoms with Crippen LogP contribution in [-0.4, -0.2) is 24.2 Å². The van der Waals surface area contributed by atoms with Gasteiger partial charge in [-0.2, -0.15) is 0 Å². The molecule has 0 spiro atoms. The second-order valence-electron chi connectivity index (χ2n) is 4.83. The quantitative estimate of drug-likeness (QED) is 0.667. The van der Waals surface area contributed by atoms with E-state index in [9.17, 15) is 0 Å². The van der Waals surface area contributed by atoms with Crippen molar-refractivity contribution in [3.63, 3.8) is 0 Å². The molecule has 0 bridgehead atoms. The Morgan fingerprint density at radius 3 is 2.72 bits per heavy atom. The second kappa shape index (κ2) is 7.74. The van der Waals surface area contributed by atoms with Crippen molar-refractivity contribution >= 4 is 15.9 Å². The number of halogens is 1. The Kier molecular flexibility index (Phi) is 5.94. The van der Waals surface area contributed by atoms with Gasteiger partial charge >= 0.3 is 0 Å². The molecule has 0 unspecified atom stereocenters. The summed E-state index contributed by atoms with van der Waals surface area (Å²) in [4.78, 5) is 4.07. The first-order chi connectivity index (χ1) is 8.84. The van der Waals surface area contributed by atoms with E-state index in [0.717, 1.165) is 16.8 Å². The van der Waals surface area contributed by atoms with Gasteiger partial charge in [-0.25, -0.2) is 0 Å². The molecule has 1 aromatic heterocycles. The molecular weight excluding hydrogens is 292 g/mol. The van der Waals surface area contributed by atoms with Crippen molar-refractivity contribution in [3.8, 4) is 5.75 Å². The number of ether oxygens (including phenoxy) is 1. The van der Waals surface area contributed by atoms with Gasteiger partial charge in [0.15, 0.2) is 0 Å². The number of nitrogens with zero attached hydrogens (tertiary/aromatic N) is 1. The Balaban J connectivity index is 1.63. The Hall–Kier alpha value is -0.610. The third-order valence-corrected chi connectivity index (χ3v) is 3.77. The summed E-state index contributed by atoms with van der Waals surface area (Å²) < 4.78 is 6.61. The van der Waals surface area contributed by atoms with Crippen molar-refractivity contribution in [2.45, 2.75) is 44.6 Å². The highest BCUT2D eigenvalue weighted by atomic mass is 79.9. The normalized spacial score (nSPS) is 17.4. The summed E-state index contributed by atoms with van der Waals surface area (Å²) in [6.07, 6.45) is 11.7. The van der Waals surface area contributed by atoms with Crippen LogP contribution < -0.4 is 10.1 Å². The van der Waals surface area contributed by atoms with Crippen molar-refractivity contribution in [3.05, 3.63) is 22.9 Å². The molecule has 18 heavy (non-hydrogen) atoms. The van der Waals surface area contributed by atoms with Gasteiger partial charge < -0.3 is 10.1 Å². The fourth-order valence-electron chi connectivity index (χ4n) is 2.39. The molecule has 1 aliphatic rings. The van der Waals surface area contributed by atoms with Crippen molar-refractivity contribution in [1.82, 2.24) is 10.3 Å². The molecule has 1 heterocycles. The first-order valence-electron chi connectivity index (χ1n) is 6.81. The second-order valence-corrected chi connectivity index (χ2v) is 5.75. The highest BCUT2D eigenvalue weighted by Gasteiger charge is 2.10. The molecule has 1 saturated carbocycles. The van der Waals surface area contributed by atoms with Crippen molar-refractivity contribution < 1.29 is 4.74 Å². The van der Waals surface area contributed by atoms with E-state index in [2.05, 4.69) is 26.2 Å². The van der Waals surface area contributed by atoms with E-state index in [0.29, 0.717) is 12.6 Å². The molecule has 1 N–H and O–H groups in total. The van der Waals surface area contributed by atoms with Gasteiger partial charge in [-0.05, 0) is 34.8 Å². The third-order valence-electron chi connectivity index (χ3n) is 3.34. The molecule has 2 rings (SSSR count). The highest BCUT2D eigenvalue weighted by Crippen LogP contribution is 2.17. The zero-order valence-corrected chi connectivity index (χ0v) is 12.3. The van der Waals surface area contributed by atoms with E-state index >= 15 is 0 Å². The van der Waals surface area contributed by atoms with Gasteiger partial charge in [0, 0.05) is 23.3 Å². The Bertz CT molecular complexity index is 351. The van der Waals surface area contributed by atoms with Crippen LogP contribution in [0, 0.1) is 0 Å². The SMILES string of the molecule is Brc1cncc(OCCNC2CCCCCC2)c1. The number of rotatable bonds is 5. The van der Waals surface area contributed by atoms with Crippen molar-refractivity contribution in [2.75, 3.05) is 13.2 Å². The maximum absolute atomic E-state index is 5.65. The first kappa shape index (κ1) is 13.8. The average molecular weight is 313 g/mol. The standard InChI is InChI=1S/C14H21BrN2O/c15-12-9-14(11-16-10-12)18-8-7-17-13-5-3-1-2-4-6-13/h9-11,13,17H,1-8H2. The molecule has 0 saturated heterocycles. The van der Waals surface area contributed by atoms with Gasteiger partial charge in [0.25, 0.3) is 0 Å². The zero-order chi connectivity index (χ0) is 12.6. The molecule has 0 aliphatic heterocycles. The smallest absolute Gasteiger partial charge is 0.138 e. The van der Waals surface area contributed by atoms with E-state index in [4.69, 9.17) is 4.74 Å². The predicted octanol–water partition coefficient (Wildman–Crippen LogP) is 3.54. The summed E-state index contributed by atoms with van der Waals surface area (Å²) in [5.74, 6) is 0.826. The maximum Gasteiger partial charge on any atom is 0.138 e. The van der Waals surface area contributed by atoms with Crippen LogP contribution in [-0.2, 0) is 0 Å². The number of pyridine rings is 1. The summed E-state index contributed by atoms with van der Waals surface area (Å²) in [5.41, 5.74) is 0. The molecule has 0 atom stereocenters. The van der Waals surface area contributed by atoms with Gasteiger partial charge in [0.2, 0.25) is 0 Å². The number of nitrogens with one attached hydrogen (secondary N) is 1. The van der Waals surface area contributed by atoms with Crippen LogP contribution in [0.25, 0.3) is 0 Å². The van der Waals surface area contributed by atoms with E-state index < -0.39 is 0 Å². The lowest BCUT2D eigenvalue weighted by Gasteiger charge is -2.16. The number of hydrogen-bond acceptors (Lipinski definition) is 3. The van der Waals surface area contributed by atoms with Gasteiger partial charge in [-0.3, -0.25) is 4.98 Å². The molecule has 4 heteroatoms. The van der Waals surface area contributed by atoms with E-state index in [-0.39, 0.29) is 0 Å². The number of hydrogen-bond donors (Lipinski definition) is 1. The first-order valence-corrected chi connectivity index (χ1v) is 7.60. The highest BCUT2D eigenvalue weighted by molar-refractivity contribution is 9.10. The van der Waals surface area contributed by atoms with E-state index in [1.165, 1.54) is 38.5 Å². The van der Waals surface area contributed by atoms with Gasteiger partial charge in [0.05, 0.1) is 6.20 Å². The molecule has 1 fully saturated rings. The molecule has 0 radical (unpaired) electrons. The lowest BCUT2D eigenvalue weighted by atomic mass is 10.1. The molecule has 1 aromatic rings. The number of aromatic nitrogens is 1. The predicted molar refractivity (Wildman–Crippen MR) is 76.9 cm³/mol. The Morgan fingerprint density at radius 2 is 2.00 bits per heavy atom. The molecule has 0 aromatic carbocycles. The largest absolute Gasteiger partial charge is 0.491 e. The average Bonchev–Trinajstić information content (AvgIpc) is 2.63. The molecule has 0 amide bonds. The maximum atomic E-state index is 5.65. The van der Waals surface area contributed by atoms with Crippen LogP contribution in [0.1, 0.15) is 38.5 Å². The summed E-state index contributed by atoms with van der Waals surface area (Å²) in [6, 6.07) is 2.63. The van der Waals surface area contributed by atoms with Crippen LogP contribution in [0.2, 0.25) is 0 Å². The fourth-order valence-corrected chi connectivity index (χ4v) is 2.73. The minimum Gasteiger partial charge on any atom is -0.491 e. The summed E-state index contributed by atoms with van der Waals surface area (Å²) in [6.45, 7) is 1.62. The topological polar surface area (TPSA) is 34.1 Å². The summed E-state index contributed by atoms with van der Waals surface area (Å²) in [5, 5.41) is 3.59. The zero-order valence-electron chi connectivity index (χ0n) is 10.7. The van der Waals surface area contributed by atoms with Crippen LogP contribution in [0.15, 0.2) is 22.9 Å². The van der Waals surface area contributed by atoms with Crippen LogP contribution >= 0.6 is 15.9 Å². The van der Waals surface area contributed by atoms with Crippen molar-refractivity contribution in [1.29, 1.82) is 0 Å². The summed E-state index contributed by atoms with van der Waals surface area (Å²) >= 11 is 3.38.